The Morgan fingerprint density at radius 2 is 1.92 bits per heavy atom. The predicted molar refractivity (Wildman–Crippen MR) is 87.1 cm³/mol. The van der Waals surface area contributed by atoms with E-state index in [9.17, 15) is 14.4 Å². The first-order chi connectivity index (χ1) is 11.3. The third-order valence-electron chi connectivity index (χ3n) is 2.23. The normalized spacial score (nSPS) is 10.5. The molecule has 1 rings (SSSR count). The molecule has 3 N–H and O–H groups in total. The number of hydrogen-bond acceptors (Lipinski definition) is 9. The average Bonchev–Trinajstić information content (AvgIpc) is 2.84. The maximum absolute atomic E-state index is 11.1. The van der Waals surface area contributed by atoms with E-state index in [2.05, 4.69) is 15.0 Å². The van der Waals surface area contributed by atoms with Gasteiger partial charge >= 0.3 is 11.9 Å². The molecule has 0 aromatic carbocycles. The number of rotatable bonds is 5. The highest BCUT2D eigenvalue weighted by Gasteiger charge is 2.19. The number of nitrogens with two attached hydrogens (primary N) is 1. The van der Waals surface area contributed by atoms with Crippen molar-refractivity contribution in [2.75, 3.05) is 18.9 Å². The van der Waals surface area contributed by atoms with Gasteiger partial charge in [-0.05, 0) is 20.8 Å². The summed E-state index contributed by atoms with van der Waals surface area (Å²) in [6.45, 7) is 6.92. The zero-order chi connectivity index (χ0) is 18.7. The second-order valence-electron chi connectivity index (χ2n) is 4.18. The summed E-state index contributed by atoms with van der Waals surface area (Å²) in [5.41, 5.74) is 5.76. The first kappa shape index (κ1) is 21.3. The van der Waals surface area contributed by atoms with Crippen molar-refractivity contribution in [2.45, 2.75) is 33.7 Å². The Morgan fingerprint density at radius 1 is 1.33 bits per heavy atom. The van der Waals surface area contributed by atoms with Gasteiger partial charge in [0.05, 0.1) is 24.3 Å². The molecule has 0 aliphatic heterocycles. The summed E-state index contributed by atoms with van der Waals surface area (Å²) in [4.78, 5) is 36.4. The van der Waals surface area contributed by atoms with Crippen LogP contribution in [0.3, 0.4) is 0 Å². The molecule has 9 nitrogen and oxygen atoms in total. The van der Waals surface area contributed by atoms with E-state index in [0.717, 1.165) is 5.01 Å². The Balaban J connectivity index is 0.000000441. The first-order valence-electron chi connectivity index (χ1n) is 7.00. The quantitative estimate of drug-likeness (QED) is 0.737. The van der Waals surface area contributed by atoms with E-state index in [0.29, 0.717) is 11.6 Å². The summed E-state index contributed by atoms with van der Waals surface area (Å²) in [5, 5.41) is 11.7. The van der Waals surface area contributed by atoms with Crippen LogP contribution in [0.5, 0.6) is 0 Å². The fourth-order valence-corrected chi connectivity index (χ4v) is 2.04. The number of nitriles is 1. The maximum atomic E-state index is 11.1. The molecule has 1 atom stereocenters. The van der Waals surface area contributed by atoms with E-state index in [1.165, 1.54) is 18.3 Å². The molecule has 0 radical (unpaired) electrons. The molecule has 24 heavy (non-hydrogen) atoms. The molecular formula is C14H20N4O5S. The monoisotopic (exact) mass is 356 g/mol. The summed E-state index contributed by atoms with van der Waals surface area (Å²) in [6.07, 6.45) is 0. The van der Waals surface area contributed by atoms with Gasteiger partial charge in [-0.1, -0.05) is 0 Å². The van der Waals surface area contributed by atoms with Crippen molar-refractivity contribution in [3.8, 4) is 6.07 Å². The Labute approximate surface area is 143 Å². The second-order valence-corrected chi connectivity index (χ2v) is 5.42. The van der Waals surface area contributed by atoms with Crippen molar-refractivity contribution < 1.29 is 23.9 Å². The average molecular weight is 356 g/mol. The highest BCUT2D eigenvalue weighted by atomic mass is 32.1. The SMILES string of the molecule is CCOC(=O)C(C#N)NC(C)=O.CCOC(=O)c1nc(C)sc1N. The van der Waals surface area contributed by atoms with Crippen LogP contribution in [0.2, 0.25) is 0 Å². The molecule has 1 heterocycles. The molecule has 0 aliphatic rings. The van der Waals surface area contributed by atoms with Gasteiger partial charge in [0.2, 0.25) is 11.9 Å². The Morgan fingerprint density at radius 3 is 2.29 bits per heavy atom. The van der Waals surface area contributed by atoms with Crippen LogP contribution < -0.4 is 11.1 Å². The first-order valence-corrected chi connectivity index (χ1v) is 7.81. The van der Waals surface area contributed by atoms with E-state index in [1.807, 2.05) is 0 Å². The van der Waals surface area contributed by atoms with Crippen LogP contribution in [0.1, 0.15) is 36.3 Å². The summed E-state index contributed by atoms with van der Waals surface area (Å²) in [5.74, 6) is -1.61. The lowest BCUT2D eigenvalue weighted by molar-refractivity contribution is -0.145. The Kier molecular flexibility index (Phi) is 9.74. The smallest absolute Gasteiger partial charge is 0.360 e. The summed E-state index contributed by atoms with van der Waals surface area (Å²) in [6, 6.07) is 0.419. The zero-order valence-electron chi connectivity index (χ0n) is 13.9. The molecule has 132 valence electrons. The molecule has 1 aromatic heterocycles. The zero-order valence-corrected chi connectivity index (χ0v) is 14.7. The standard InChI is InChI=1S/C7H10N2O3.C7H10N2O2S/c1-3-12-7(11)6(4-8)9-5(2)10;1-3-11-7(10)5-6(8)12-4(2)9-5/h6H,3H2,1-2H3,(H,9,10);3,8H2,1-2H3. The minimum absolute atomic E-state index is 0.191. The van der Waals surface area contributed by atoms with Crippen molar-refractivity contribution in [1.82, 2.24) is 10.3 Å². The molecule has 0 spiro atoms. The van der Waals surface area contributed by atoms with Gasteiger partial charge in [0.15, 0.2) is 5.69 Å². The van der Waals surface area contributed by atoms with Crippen LogP contribution in [0, 0.1) is 18.3 Å². The number of amides is 1. The molecule has 1 unspecified atom stereocenters. The van der Waals surface area contributed by atoms with Crippen molar-refractivity contribution in [3.63, 3.8) is 0 Å². The van der Waals surface area contributed by atoms with Gasteiger partial charge in [0.1, 0.15) is 5.00 Å². The number of thiazole rings is 1. The maximum Gasteiger partial charge on any atom is 0.360 e. The molecule has 0 bridgehead atoms. The molecule has 1 amide bonds. The molecule has 0 saturated carbocycles. The minimum atomic E-state index is -1.19. The molecule has 1 aromatic rings. The van der Waals surface area contributed by atoms with Crippen LogP contribution in [0.25, 0.3) is 0 Å². The summed E-state index contributed by atoms with van der Waals surface area (Å²) < 4.78 is 9.27. The van der Waals surface area contributed by atoms with Crippen molar-refractivity contribution in [3.05, 3.63) is 10.7 Å². The van der Waals surface area contributed by atoms with Crippen LogP contribution >= 0.6 is 11.3 Å². The highest BCUT2D eigenvalue weighted by Crippen LogP contribution is 2.20. The number of nitrogens with one attached hydrogen (secondary N) is 1. The molecule has 0 saturated heterocycles. The number of nitrogens with zero attached hydrogens (tertiary/aromatic N) is 2. The third-order valence-corrected chi connectivity index (χ3v) is 3.03. The topological polar surface area (TPSA) is 144 Å². The van der Waals surface area contributed by atoms with Gasteiger partial charge in [-0.2, -0.15) is 5.26 Å². The molecule has 0 fully saturated rings. The summed E-state index contributed by atoms with van der Waals surface area (Å²) >= 11 is 1.29. The number of hydrogen-bond donors (Lipinski definition) is 2. The summed E-state index contributed by atoms with van der Waals surface area (Å²) in [7, 11) is 0. The Bertz CT molecular complexity index is 623. The van der Waals surface area contributed by atoms with E-state index < -0.39 is 23.9 Å². The van der Waals surface area contributed by atoms with Crippen molar-refractivity contribution >= 4 is 34.2 Å². The van der Waals surface area contributed by atoms with Crippen LogP contribution in [-0.4, -0.2) is 42.1 Å². The third kappa shape index (κ3) is 7.55. The fourth-order valence-electron chi connectivity index (χ4n) is 1.36. The van der Waals surface area contributed by atoms with Crippen LogP contribution in [0.15, 0.2) is 0 Å². The highest BCUT2D eigenvalue weighted by molar-refractivity contribution is 7.15. The number of nitrogen functional groups attached to an aromatic ring is 1. The molecular weight excluding hydrogens is 336 g/mol. The molecule has 10 heteroatoms. The fraction of sp³-hybridized carbons (Fsp3) is 0.500. The number of carbonyl (C=O) groups excluding carboxylic acids is 3. The second kappa shape index (κ2) is 11.0. The number of esters is 2. The number of carbonyl (C=O) groups is 3. The van der Waals surface area contributed by atoms with E-state index in [4.69, 9.17) is 15.7 Å². The predicted octanol–water partition coefficient (Wildman–Crippen LogP) is 0.788. The van der Waals surface area contributed by atoms with Gasteiger partial charge in [-0.3, -0.25) is 4.79 Å². The van der Waals surface area contributed by atoms with Crippen LogP contribution in [-0.2, 0) is 19.1 Å². The van der Waals surface area contributed by atoms with Gasteiger partial charge in [-0.15, -0.1) is 11.3 Å². The van der Waals surface area contributed by atoms with Crippen molar-refractivity contribution in [2.24, 2.45) is 0 Å². The van der Waals surface area contributed by atoms with Crippen LogP contribution in [0.4, 0.5) is 5.00 Å². The largest absolute Gasteiger partial charge is 0.464 e. The lowest BCUT2D eigenvalue weighted by atomic mass is 10.3. The number of aryl methyl sites for hydroxylation is 1. The van der Waals surface area contributed by atoms with E-state index in [-0.39, 0.29) is 12.3 Å². The molecule has 0 aliphatic carbocycles. The minimum Gasteiger partial charge on any atom is -0.464 e. The van der Waals surface area contributed by atoms with E-state index in [1.54, 1.807) is 26.8 Å². The number of aromatic nitrogens is 1. The number of ether oxygens (including phenoxy) is 2. The van der Waals surface area contributed by atoms with Gasteiger partial charge in [0, 0.05) is 6.92 Å². The Hall–Kier alpha value is -2.67. The van der Waals surface area contributed by atoms with E-state index >= 15 is 0 Å². The lowest BCUT2D eigenvalue weighted by Crippen LogP contribution is -2.39. The van der Waals surface area contributed by atoms with Gasteiger partial charge in [-0.25, -0.2) is 14.6 Å². The van der Waals surface area contributed by atoms with Gasteiger partial charge < -0.3 is 20.5 Å². The lowest BCUT2D eigenvalue weighted by Gasteiger charge is -2.07. The van der Waals surface area contributed by atoms with Crippen molar-refractivity contribution in [1.29, 1.82) is 5.26 Å². The van der Waals surface area contributed by atoms with Gasteiger partial charge in [0.25, 0.3) is 0 Å². The number of anilines is 1.